The van der Waals surface area contributed by atoms with Crippen LogP contribution in [-0.4, -0.2) is 17.1 Å². The van der Waals surface area contributed by atoms with Gasteiger partial charge in [0, 0.05) is 39.8 Å². The molecule has 85 valence electrons. The Balaban J connectivity index is 0.00000144. The average molecular weight is 413 g/mol. The molecule has 0 saturated heterocycles. The number of phenols is 1. The standard InChI is InChI=1S/C13H11INO.Y/c1-9-12(14)7-8-13(15(9)2)10-3-5-11(16)6-4-10;/h3-7,16H,1H2,2H3;/q-1;. The normalized spacial score (nSPS) is 14.9. The number of phenolic OH excluding ortho intramolecular Hbond substituents is 1. The van der Waals surface area contributed by atoms with Crippen LogP contribution in [-0.2, 0) is 32.7 Å². The Hall–Kier alpha value is -0.126. The van der Waals surface area contributed by atoms with E-state index in [1.54, 1.807) is 12.1 Å². The summed E-state index contributed by atoms with van der Waals surface area (Å²) in [4.78, 5) is 1.99. The molecule has 17 heavy (non-hydrogen) atoms. The Morgan fingerprint density at radius 3 is 2.47 bits per heavy atom. The fraction of sp³-hybridized carbons (Fsp3) is 0.0769. The van der Waals surface area contributed by atoms with Crippen molar-refractivity contribution in [2.45, 2.75) is 0 Å². The first-order valence-electron chi connectivity index (χ1n) is 4.81. The molecule has 1 heterocycles. The van der Waals surface area contributed by atoms with Crippen molar-refractivity contribution in [3.8, 4) is 5.75 Å². The van der Waals surface area contributed by atoms with E-state index in [9.17, 15) is 5.11 Å². The minimum absolute atomic E-state index is 0. The number of aromatic hydroxyl groups is 1. The van der Waals surface area contributed by atoms with Gasteiger partial charge < -0.3 is 10.0 Å². The van der Waals surface area contributed by atoms with Crippen LogP contribution in [0.5, 0.6) is 5.75 Å². The molecular formula is C13H11INOY-. The van der Waals surface area contributed by atoms with E-state index in [1.165, 1.54) is 0 Å². The first-order valence-corrected chi connectivity index (χ1v) is 5.89. The molecule has 0 amide bonds. The molecule has 0 atom stereocenters. The third-order valence-corrected chi connectivity index (χ3v) is 3.43. The van der Waals surface area contributed by atoms with Crippen LogP contribution in [0.3, 0.4) is 0 Å². The van der Waals surface area contributed by atoms with Gasteiger partial charge in [0.05, 0.1) is 0 Å². The van der Waals surface area contributed by atoms with Crippen molar-refractivity contribution < 1.29 is 37.8 Å². The minimum atomic E-state index is 0. The summed E-state index contributed by atoms with van der Waals surface area (Å²) in [7, 11) is 1.96. The summed E-state index contributed by atoms with van der Waals surface area (Å²) >= 11 is 2.24. The average Bonchev–Trinajstić information content (AvgIpc) is 2.28. The van der Waals surface area contributed by atoms with Gasteiger partial charge in [-0.15, -0.1) is 34.7 Å². The zero-order chi connectivity index (χ0) is 11.7. The van der Waals surface area contributed by atoms with E-state index in [0.29, 0.717) is 0 Å². The van der Waals surface area contributed by atoms with Crippen LogP contribution < -0.4 is 0 Å². The Kier molecular flexibility index (Phi) is 5.41. The van der Waals surface area contributed by atoms with E-state index in [1.807, 2.05) is 30.2 Å². The molecule has 1 aliphatic rings. The van der Waals surface area contributed by atoms with Gasteiger partial charge in [-0.3, -0.25) is 0 Å². The van der Waals surface area contributed by atoms with Gasteiger partial charge in [0.15, 0.2) is 0 Å². The predicted octanol–water partition coefficient (Wildman–Crippen LogP) is 3.31. The van der Waals surface area contributed by atoms with Crippen LogP contribution in [0.4, 0.5) is 0 Å². The van der Waals surface area contributed by atoms with Gasteiger partial charge in [0.1, 0.15) is 5.75 Å². The van der Waals surface area contributed by atoms with E-state index in [4.69, 9.17) is 0 Å². The number of allylic oxidation sites excluding steroid dienone is 3. The Morgan fingerprint density at radius 2 is 1.88 bits per heavy atom. The van der Waals surface area contributed by atoms with Crippen LogP contribution in [0, 0.1) is 6.08 Å². The fourth-order valence-corrected chi connectivity index (χ4v) is 2.02. The molecule has 1 radical (unpaired) electrons. The predicted molar refractivity (Wildman–Crippen MR) is 73.8 cm³/mol. The van der Waals surface area contributed by atoms with Gasteiger partial charge >= 0.3 is 0 Å². The Morgan fingerprint density at radius 1 is 1.29 bits per heavy atom. The van der Waals surface area contributed by atoms with E-state index in [-0.39, 0.29) is 38.5 Å². The van der Waals surface area contributed by atoms with Crippen molar-refractivity contribution in [1.29, 1.82) is 0 Å². The third-order valence-electron chi connectivity index (χ3n) is 2.49. The molecule has 0 saturated carbocycles. The van der Waals surface area contributed by atoms with E-state index in [2.05, 4.69) is 35.2 Å². The molecule has 0 fully saturated rings. The van der Waals surface area contributed by atoms with E-state index < -0.39 is 0 Å². The van der Waals surface area contributed by atoms with Crippen molar-refractivity contribution in [2.24, 2.45) is 0 Å². The van der Waals surface area contributed by atoms with Gasteiger partial charge in [-0.25, -0.2) is 0 Å². The second-order valence-corrected chi connectivity index (χ2v) is 4.70. The third kappa shape index (κ3) is 3.21. The number of hydrogen-bond acceptors (Lipinski definition) is 2. The topological polar surface area (TPSA) is 23.5 Å². The van der Waals surface area contributed by atoms with Crippen molar-refractivity contribution >= 4 is 28.3 Å². The molecule has 1 N–H and O–H groups in total. The maximum absolute atomic E-state index is 9.24. The summed E-state index contributed by atoms with van der Waals surface area (Å²) in [5.41, 5.74) is 2.94. The van der Waals surface area contributed by atoms with Crippen LogP contribution in [0.2, 0.25) is 0 Å². The smallest absolute Gasteiger partial charge is 0.113 e. The van der Waals surface area contributed by atoms with Crippen molar-refractivity contribution in [1.82, 2.24) is 4.90 Å². The van der Waals surface area contributed by atoms with E-state index in [0.717, 1.165) is 20.5 Å². The molecule has 1 aliphatic heterocycles. The first-order chi connectivity index (χ1) is 7.59. The number of halogens is 1. The molecule has 0 spiro atoms. The van der Waals surface area contributed by atoms with Crippen molar-refractivity contribution in [3.05, 3.63) is 57.8 Å². The maximum Gasteiger partial charge on any atom is 0.113 e. The maximum atomic E-state index is 9.24. The number of nitrogens with zero attached hydrogens (tertiary/aromatic N) is 1. The molecule has 1 aromatic carbocycles. The second-order valence-electron chi connectivity index (χ2n) is 3.54. The zero-order valence-electron chi connectivity index (χ0n) is 9.44. The second kappa shape index (κ2) is 6.16. The minimum Gasteiger partial charge on any atom is -0.508 e. The summed E-state index contributed by atoms with van der Waals surface area (Å²) < 4.78 is 1.09. The quantitative estimate of drug-likeness (QED) is 0.565. The largest absolute Gasteiger partial charge is 0.508 e. The number of benzene rings is 1. The van der Waals surface area contributed by atoms with Gasteiger partial charge in [-0.1, -0.05) is 21.4 Å². The number of rotatable bonds is 1. The van der Waals surface area contributed by atoms with Crippen LogP contribution in [0.15, 0.2) is 46.2 Å². The van der Waals surface area contributed by atoms with Crippen LogP contribution >= 0.6 is 22.6 Å². The summed E-state index contributed by atoms with van der Waals surface area (Å²) in [6.07, 6.45) is 5.14. The van der Waals surface area contributed by atoms with Crippen molar-refractivity contribution in [3.63, 3.8) is 0 Å². The Labute approximate surface area is 140 Å². The van der Waals surface area contributed by atoms with Gasteiger partial charge in [0.2, 0.25) is 0 Å². The molecule has 0 aliphatic carbocycles. The van der Waals surface area contributed by atoms with Crippen molar-refractivity contribution in [2.75, 3.05) is 7.05 Å². The molecule has 2 nitrogen and oxygen atoms in total. The van der Waals surface area contributed by atoms with Gasteiger partial charge in [0.25, 0.3) is 0 Å². The monoisotopic (exact) mass is 413 g/mol. The molecule has 2 rings (SSSR count). The molecular weight excluding hydrogens is 402 g/mol. The van der Waals surface area contributed by atoms with E-state index >= 15 is 0 Å². The molecule has 0 aromatic heterocycles. The van der Waals surface area contributed by atoms with Crippen LogP contribution in [0.1, 0.15) is 5.56 Å². The van der Waals surface area contributed by atoms with Gasteiger partial charge in [-0.05, 0) is 17.8 Å². The summed E-state index contributed by atoms with van der Waals surface area (Å²) in [6, 6.07) is 7.08. The summed E-state index contributed by atoms with van der Waals surface area (Å²) in [5.74, 6) is 0.270. The molecule has 0 bridgehead atoms. The van der Waals surface area contributed by atoms with Crippen LogP contribution in [0.25, 0.3) is 5.70 Å². The Bertz CT molecular complexity index is 491. The summed E-state index contributed by atoms with van der Waals surface area (Å²) in [5, 5.41) is 9.24. The first kappa shape index (κ1) is 14.9. The number of likely N-dealkylation sites (N-methyl/N-ethyl adjacent to an activating group) is 1. The molecule has 4 heteroatoms. The fourth-order valence-electron chi connectivity index (χ4n) is 1.50. The SMILES string of the molecule is C=C1C(I)=C[C-]=C(c2ccc(O)cc2)N1C.[Y]. The number of hydrogen-bond donors (Lipinski definition) is 1. The molecule has 1 aromatic rings. The zero-order valence-corrected chi connectivity index (χ0v) is 14.4. The molecule has 0 unspecified atom stereocenters. The van der Waals surface area contributed by atoms with Gasteiger partial charge in [-0.2, -0.15) is 12.2 Å². The summed E-state index contributed by atoms with van der Waals surface area (Å²) in [6.45, 7) is 4.01.